The van der Waals surface area contributed by atoms with Crippen LogP contribution in [0.5, 0.6) is 0 Å². The molecule has 0 saturated carbocycles. The Balaban J connectivity index is 1.73. The van der Waals surface area contributed by atoms with Crippen molar-refractivity contribution in [1.29, 1.82) is 0 Å². The molecule has 0 amide bonds. The molecule has 0 aliphatic carbocycles. The number of carbonyl (C=O) groups excluding carboxylic acids is 1. The average Bonchev–Trinajstić information content (AvgIpc) is 2.89. The van der Waals surface area contributed by atoms with Crippen molar-refractivity contribution in [3.8, 4) is 11.5 Å². The summed E-state index contributed by atoms with van der Waals surface area (Å²) < 4.78 is 5.85. The van der Waals surface area contributed by atoms with Crippen LogP contribution in [0.3, 0.4) is 0 Å². The van der Waals surface area contributed by atoms with Gasteiger partial charge in [0.1, 0.15) is 11.5 Å². The Morgan fingerprint density at radius 1 is 1.30 bits per heavy atom. The molecule has 4 nitrogen and oxygen atoms in total. The van der Waals surface area contributed by atoms with E-state index in [0.29, 0.717) is 11.7 Å². The molecule has 3 rings (SSSR count). The molecule has 0 bridgehead atoms. The number of rotatable bonds is 4. The predicted molar refractivity (Wildman–Crippen MR) is 90.1 cm³/mol. The number of nitrogens with zero attached hydrogens (tertiary/aromatic N) is 2. The van der Waals surface area contributed by atoms with Gasteiger partial charge in [0.15, 0.2) is 0 Å². The van der Waals surface area contributed by atoms with Gasteiger partial charge in [0.05, 0.1) is 5.69 Å². The third-order valence-electron chi connectivity index (χ3n) is 4.64. The molecule has 1 aliphatic heterocycles. The molecule has 2 heterocycles. The van der Waals surface area contributed by atoms with Crippen LogP contribution < -0.4 is 0 Å². The van der Waals surface area contributed by atoms with Crippen LogP contribution in [0.15, 0.2) is 28.7 Å². The fourth-order valence-corrected chi connectivity index (χ4v) is 3.14. The lowest BCUT2D eigenvalue weighted by atomic mass is 9.94. The number of benzene rings is 1. The second-order valence-electron chi connectivity index (χ2n) is 6.57. The summed E-state index contributed by atoms with van der Waals surface area (Å²) in [7, 11) is 0. The molecule has 2 aromatic rings. The van der Waals surface area contributed by atoms with Gasteiger partial charge < -0.3 is 4.42 Å². The van der Waals surface area contributed by atoms with Crippen LogP contribution in [0.25, 0.3) is 11.5 Å². The Hall–Kier alpha value is -1.94. The standard InChI is InChI=1S/C19H24N2O2/c1-13-6-8-16(9-7-13)19-20-18(15(3)23-19)12-21-10-4-5-17(11-21)14(2)22/h6-9,17H,4-5,10-12H2,1-3H3. The van der Waals surface area contributed by atoms with Gasteiger partial charge in [0.25, 0.3) is 0 Å². The number of aromatic nitrogens is 1. The normalized spacial score (nSPS) is 19.0. The van der Waals surface area contributed by atoms with E-state index in [9.17, 15) is 4.79 Å². The van der Waals surface area contributed by atoms with Gasteiger partial charge in [-0.3, -0.25) is 9.69 Å². The van der Waals surface area contributed by atoms with Crippen molar-refractivity contribution in [3.05, 3.63) is 41.3 Å². The number of hydrogen-bond donors (Lipinski definition) is 0. The first-order valence-corrected chi connectivity index (χ1v) is 8.29. The van der Waals surface area contributed by atoms with Gasteiger partial charge >= 0.3 is 0 Å². The summed E-state index contributed by atoms with van der Waals surface area (Å²) >= 11 is 0. The smallest absolute Gasteiger partial charge is 0.226 e. The van der Waals surface area contributed by atoms with Gasteiger partial charge in [-0.25, -0.2) is 4.98 Å². The van der Waals surface area contributed by atoms with Crippen molar-refractivity contribution < 1.29 is 9.21 Å². The molecule has 0 spiro atoms. The summed E-state index contributed by atoms with van der Waals surface area (Å²) in [6.07, 6.45) is 2.09. The summed E-state index contributed by atoms with van der Waals surface area (Å²) in [5.74, 6) is 2.02. The number of ketones is 1. The van der Waals surface area contributed by atoms with E-state index in [1.54, 1.807) is 6.92 Å². The van der Waals surface area contributed by atoms with E-state index in [-0.39, 0.29) is 5.92 Å². The Labute approximate surface area is 137 Å². The van der Waals surface area contributed by atoms with Crippen molar-refractivity contribution in [2.24, 2.45) is 5.92 Å². The van der Waals surface area contributed by atoms with E-state index in [2.05, 4.69) is 28.9 Å². The molecule has 4 heteroatoms. The number of Topliss-reactive ketones (excluding diaryl/α,β-unsaturated/α-hetero) is 1. The van der Waals surface area contributed by atoms with Crippen molar-refractivity contribution >= 4 is 5.78 Å². The summed E-state index contributed by atoms with van der Waals surface area (Å²) in [6.45, 7) is 8.34. The molecule has 122 valence electrons. The van der Waals surface area contributed by atoms with Gasteiger partial charge in [0.2, 0.25) is 5.89 Å². The molecule has 0 N–H and O–H groups in total. The molecule has 1 fully saturated rings. The van der Waals surface area contributed by atoms with Crippen LogP contribution in [0.1, 0.15) is 36.8 Å². The second kappa shape index (κ2) is 6.67. The molecule has 1 atom stereocenters. The zero-order valence-electron chi connectivity index (χ0n) is 14.1. The molecule has 1 aromatic carbocycles. The van der Waals surface area contributed by atoms with Gasteiger partial charge in [-0.1, -0.05) is 17.7 Å². The third kappa shape index (κ3) is 3.70. The molecule has 23 heavy (non-hydrogen) atoms. The van der Waals surface area contributed by atoms with E-state index in [1.165, 1.54) is 5.56 Å². The monoisotopic (exact) mass is 312 g/mol. The minimum absolute atomic E-state index is 0.174. The summed E-state index contributed by atoms with van der Waals surface area (Å²) in [5.41, 5.74) is 3.20. The first-order valence-electron chi connectivity index (χ1n) is 8.29. The molecule has 1 saturated heterocycles. The second-order valence-corrected chi connectivity index (χ2v) is 6.57. The summed E-state index contributed by atoms with van der Waals surface area (Å²) in [4.78, 5) is 18.6. The van der Waals surface area contributed by atoms with Crippen LogP contribution in [-0.2, 0) is 11.3 Å². The Bertz CT molecular complexity index is 688. The number of carbonyl (C=O) groups is 1. The number of oxazole rings is 1. The van der Waals surface area contributed by atoms with E-state index in [0.717, 1.165) is 49.5 Å². The van der Waals surface area contributed by atoms with Gasteiger partial charge in [-0.05, 0) is 52.3 Å². The van der Waals surface area contributed by atoms with Crippen molar-refractivity contribution in [1.82, 2.24) is 9.88 Å². The Morgan fingerprint density at radius 2 is 2.04 bits per heavy atom. The van der Waals surface area contributed by atoms with Crippen molar-refractivity contribution in [2.45, 2.75) is 40.2 Å². The molecule has 0 radical (unpaired) electrons. The van der Waals surface area contributed by atoms with Crippen LogP contribution in [0.2, 0.25) is 0 Å². The maximum absolute atomic E-state index is 11.6. The highest BCUT2D eigenvalue weighted by Gasteiger charge is 2.24. The highest BCUT2D eigenvalue weighted by molar-refractivity contribution is 5.78. The lowest BCUT2D eigenvalue weighted by Gasteiger charge is -2.30. The maximum Gasteiger partial charge on any atom is 0.226 e. The van der Waals surface area contributed by atoms with E-state index >= 15 is 0 Å². The van der Waals surface area contributed by atoms with Crippen LogP contribution in [-0.4, -0.2) is 28.8 Å². The highest BCUT2D eigenvalue weighted by Crippen LogP contribution is 2.25. The van der Waals surface area contributed by atoms with E-state index < -0.39 is 0 Å². The fourth-order valence-electron chi connectivity index (χ4n) is 3.14. The number of likely N-dealkylation sites (tertiary alicyclic amines) is 1. The average molecular weight is 312 g/mol. The van der Waals surface area contributed by atoms with Crippen LogP contribution in [0, 0.1) is 19.8 Å². The molecule has 1 aliphatic rings. The summed E-state index contributed by atoms with van der Waals surface area (Å²) in [6, 6.07) is 8.21. The van der Waals surface area contributed by atoms with Crippen molar-refractivity contribution in [2.75, 3.05) is 13.1 Å². The SMILES string of the molecule is CC(=O)C1CCCN(Cc2nc(-c3ccc(C)cc3)oc2C)C1. The van der Waals surface area contributed by atoms with Gasteiger partial charge in [-0.2, -0.15) is 0 Å². The first kappa shape index (κ1) is 15.9. The zero-order chi connectivity index (χ0) is 16.4. The lowest BCUT2D eigenvalue weighted by molar-refractivity contribution is -0.122. The third-order valence-corrected chi connectivity index (χ3v) is 4.64. The minimum Gasteiger partial charge on any atom is -0.441 e. The van der Waals surface area contributed by atoms with Crippen LogP contribution in [0.4, 0.5) is 0 Å². The van der Waals surface area contributed by atoms with Crippen molar-refractivity contribution in [3.63, 3.8) is 0 Å². The van der Waals surface area contributed by atoms with Crippen LogP contribution >= 0.6 is 0 Å². The van der Waals surface area contributed by atoms with E-state index in [1.807, 2.05) is 19.1 Å². The maximum atomic E-state index is 11.6. The molecular formula is C19H24N2O2. The Morgan fingerprint density at radius 3 is 2.74 bits per heavy atom. The molecule has 1 aromatic heterocycles. The van der Waals surface area contributed by atoms with E-state index in [4.69, 9.17) is 4.42 Å². The number of piperidine rings is 1. The summed E-state index contributed by atoms with van der Waals surface area (Å²) in [5, 5.41) is 0. The fraction of sp³-hybridized carbons (Fsp3) is 0.474. The zero-order valence-corrected chi connectivity index (χ0v) is 14.1. The lowest BCUT2D eigenvalue weighted by Crippen LogP contribution is -2.37. The molecule has 1 unspecified atom stereocenters. The number of hydrogen-bond acceptors (Lipinski definition) is 4. The highest BCUT2D eigenvalue weighted by atomic mass is 16.4. The topological polar surface area (TPSA) is 46.3 Å². The Kier molecular flexibility index (Phi) is 4.62. The number of aryl methyl sites for hydroxylation is 2. The predicted octanol–water partition coefficient (Wildman–Crippen LogP) is 3.76. The quantitative estimate of drug-likeness (QED) is 0.862. The first-order chi connectivity index (χ1) is 11.0. The largest absolute Gasteiger partial charge is 0.441 e. The van der Waals surface area contributed by atoms with Gasteiger partial charge in [-0.15, -0.1) is 0 Å². The molecular weight excluding hydrogens is 288 g/mol. The minimum atomic E-state index is 0.174. The van der Waals surface area contributed by atoms with Gasteiger partial charge in [0, 0.05) is 24.6 Å².